The van der Waals surface area contributed by atoms with Gasteiger partial charge in [-0.2, -0.15) is 0 Å². The van der Waals surface area contributed by atoms with Gasteiger partial charge in [-0.05, 0) is 73.5 Å². The molecular weight excluding hydrogens is 420 g/mol. The van der Waals surface area contributed by atoms with E-state index in [1.807, 2.05) is 0 Å². The van der Waals surface area contributed by atoms with Crippen molar-refractivity contribution >= 4 is 17.9 Å². The van der Waals surface area contributed by atoms with Crippen LogP contribution < -0.4 is 0 Å². The average molecular weight is 461 g/mol. The Bertz CT molecular complexity index is 832. The van der Waals surface area contributed by atoms with E-state index in [9.17, 15) is 14.4 Å². The van der Waals surface area contributed by atoms with Gasteiger partial charge in [-0.3, -0.25) is 14.4 Å². The Labute approximate surface area is 197 Å². The zero-order chi connectivity index (χ0) is 24.0. The van der Waals surface area contributed by atoms with Gasteiger partial charge >= 0.3 is 17.9 Å². The van der Waals surface area contributed by atoms with E-state index < -0.39 is 0 Å². The highest BCUT2D eigenvalue weighted by molar-refractivity contribution is 5.67. The third kappa shape index (κ3) is 4.46. The highest BCUT2D eigenvalue weighted by Crippen LogP contribution is 2.66. The molecule has 4 aliphatic rings. The van der Waals surface area contributed by atoms with Gasteiger partial charge < -0.3 is 14.2 Å². The Kier molecular flexibility index (Phi) is 6.67. The van der Waals surface area contributed by atoms with Crippen molar-refractivity contribution < 1.29 is 28.6 Å². The normalized spacial score (nSPS) is 40.4. The molecular formula is C27H40O6. The third-order valence-electron chi connectivity index (χ3n) is 9.68. The summed E-state index contributed by atoms with van der Waals surface area (Å²) in [6.45, 7) is 9.31. The predicted octanol–water partition coefficient (Wildman–Crippen LogP) is 4.99. The lowest BCUT2D eigenvalue weighted by molar-refractivity contribution is -0.165. The molecule has 6 nitrogen and oxygen atoms in total. The second kappa shape index (κ2) is 9.07. The number of ether oxygens (including phenoxy) is 3. The summed E-state index contributed by atoms with van der Waals surface area (Å²) in [6.07, 6.45) is 10.5. The number of carbonyl (C=O) groups excluding carboxylic acids is 3. The van der Waals surface area contributed by atoms with Gasteiger partial charge in [-0.1, -0.05) is 25.5 Å². The van der Waals surface area contributed by atoms with Crippen LogP contribution in [0.15, 0.2) is 11.6 Å². The van der Waals surface area contributed by atoms with Crippen molar-refractivity contribution in [1.29, 1.82) is 0 Å². The fraction of sp³-hybridized carbons (Fsp3) is 0.815. The van der Waals surface area contributed by atoms with Crippen LogP contribution in [0, 0.1) is 34.5 Å². The standard InChI is InChI=1S/C27H40O6/c1-16(28)31-15-25(33-18(3)30)24-9-8-22-21-7-6-19-14-20(32-17(2)29)10-12-26(19,4)23(21)11-13-27(22,24)5/h6,20-25H,7-15H2,1-5H3/t20-,21-,22-,23-,24+,25-,26-,27-/m0/s1. The van der Waals surface area contributed by atoms with E-state index in [0.29, 0.717) is 17.8 Å². The first kappa shape index (κ1) is 24.3. The highest BCUT2D eigenvalue weighted by Gasteiger charge is 2.60. The minimum absolute atomic E-state index is 0.0221. The van der Waals surface area contributed by atoms with Crippen molar-refractivity contribution in [2.45, 2.75) is 98.2 Å². The van der Waals surface area contributed by atoms with Gasteiger partial charge in [0, 0.05) is 33.1 Å². The van der Waals surface area contributed by atoms with Gasteiger partial charge in [0.2, 0.25) is 0 Å². The Hall–Kier alpha value is -1.85. The minimum atomic E-state index is -0.373. The first-order valence-corrected chi connectivity index (χ1v) is 12.7. The molecule has 0 amide bonds. The van der Waals surface area contributed by atoms with Crippen LogP contribution in [0.1, 0.15) is 86.0 Å². The van der Waals surface area contributed by atoms with Crippen LogP contribution in [0.3, 0.4) is 0 Å². The predicted molar refractivity (Wildman–Crippen MR) is 123 cm³/mol. The molecule has 0 aromatic rings. The summed E-state index contributed by atoms with van der Waals surface area (Å²) >= 11 is 0. The second-order valence-corrected chi connectivity index (χ2v) is 11.4. The summed E-state index contributed by atoms with van der Waals surface area (Å²) in [7, 11) is 0. The number of rotatable bonds is 5. The molecule has 184 valence electrons. The molecule has 0 spiro atoms. The fourth-order valence-electron chi connectivity index (χ4n) is 8.26. The van der Waals surface area contributed by atoms with Crippen molar-refractivity contribution in [3.8, 4) is 0 Å². The highest BCUT2D eigenvalue weighted by atomic mass is 16.6. The number of hydrogen-bond acceptors (Lipinski definition) is 6. The van der Waals surface area contributed by atoms with Gasteiger partial charge in [0.15, 0.2) is 0 Å². The molecule has 0 radical (unpaired) electrons. The Morgan fingerprint density at radius 2 is 1.73 bits per heavy atom. The van der Waals surface area contributed by atoms with Crippen LogP contribution in [-0.2, 0) is 28.6 Å². The summed E-state index contributed by atoms with van der Waals surface area (Å²) in [5.41, 5.74) is 1.76. The maximum atomic E-state index is 11.8. The zero-order valence-corrected chi connectivity index (χ0v) is 20.9. The maximum Gasteiger partial charge on any atom is 0.303 e. The number of carbonyl (C=O) groups is 3. The molecule has 0 N–H and O–H groups in total. The molecule has 0 aromatic heterocycles. The summed E-state index contributed by atoms with van der Waals surface area (Å²) in [6, 6.07) is 0. The molecule has 0 bridgehead atoms. The largest absolute Gasteiger partial charge is 0.462 e. The molecule has 0 unspecified atom stereocenters. The van der Waals surface area contributed by atoms with E-state index in [2.05, 4.69) is 19.9 Å². The van der Waals surface area contributed by atoms with Gasteiger partial charge in [0.05, 0.1) is 0 Å². The topological polar surface area (TPSA) is 78.9 Å². The van der Waals surface area contributed by atoms with Crippen LogP contribution >= 0.6 is 0 Å². The van der Waals surface area contributed by atoms with Crippen LogP contribution in [-0.4, -0.2) is 36.7 Å². The summed E-state index contributed by atoms with van der Waals surface area (Å²) < 4.78 is 16.6. The first-order valence-electron chi connectivity index (χ1n) is 12.7. The smallest absolute Gasteiger partial charge is 0.303 e. The first-order chi connectivity index (χ1) is 15.5. The molecule has 4 rings (SSSR count). The van der Waals surface area contributed by atoms with E-state index in [-0.39, 0.29) is 53.5 Å². The lowest BCUT2D eigenvalue weighted by Gasteiger charge is -2.58. The number of esters is 3. The summed E-state index contributed by atoms with van der Waals surface area (Å²) in [5, 5.41) is 0. The SMILES string of the molecule is CC(=O)OC[C@H](OC(C)=O)[C@H]1CC[C@H]2[C@@H]3CC=C4C[C@@H](OC(C)=O)CC[C@]4(C)[C@H]3CC[C@]12C. The van der Waals surface area contributed by atoms with E-state index in [1.54, 1.807) is 0 Å². The van der Waals surface area contributed by atoms with Crippen molar-refractivity contribution in [3.63, 3.8) is 0 Å². The molecule has 4 aliphatic carbocycles. The van der Waals surface area contributed by atoms with Crippen LogP contribution in [0.4, 0.5) is 0 Å². The lowest BCUT2D eigenvalue weighted by Crippen LogP contribution is -2.52. The van der Waals surface area contributed by atoms with Crippen LogP contribution in [0.2, 0.25) is 0 Å². The monoisotopic (exact) mass is 460 g/mol. The summed E-state index contributed by atoms with van der Waals surface area (Å²) in [4.78, 5) is 34.8. The molecule has 0 saturated heterocycles. The fourth-order valence-corrected chi connectivity index (χ4v) is 8.26. The van der Waals surface area contributed by atoms with Gasteiger partial charge in [-0.25, -0.2) is 0 Å². The van der Waals surface area contributed by atoms with E-state index in [1.165, 1.54) is 32.8 Å². The van der Waals surface area contributed by atoms with Crippen molar-refractivity contribution in [2.75, 3.05) is 6.61 Å². The van der Waals surface area contributed by atoms with Crippen LogP contribution in [0.5, 0.6) is 0 Å². The summed E-state index contributed by atoms with van der Waals surface area (Å²) in [5.74, 6) is 1.24. The molecule has 3 saturated carbocycles. The molecule has 8 atom stereocenters. The van der Waals surface area contributed by atoms with Crippen molar-refractivity contribution in [3.05, 3.63) is 11.6 Å². The van der Waals surface area contributed by atoms with Crippen LogP contribution in [0.25, 0.3) is 0 Å². The van der Waals surface area contributed by atoms with Gasteiger partial charge in [-0.15, -0.1) is 0 Å². The quantitative estimate of drug-likeness (QED) is 0.327. The Morgan fingerprint density at radius 3 is 2.39 bits per heavy atom. The molecule has 0 aromatic carbocycles. The maximum absolute atomic E-state index is 11.8. The third-order valence-corrected chi connectivity index (χ3v) is 9.68. The van der Waals surface area contributed by atoms with Gasteiger partial charge in [0.1, 0.15) is 18.8 Å². The molecule has 6 heteroatoms. The Balaban J connectivity index is 1.54. The number of hydrogen-bond donors (Lipinski definition) is 0. The minimum Gasteiger partial charge on any atom is -0.462 e. The molecule has 3 fully saturated rings. The average Bonchev–Trinajstić information content (AvgIpc) is 3.08. The Morgan fingerprint density at radius 1 is 0.970 bits per heavy atom. The lowest BCUT2D eigenvalue weighted by atomic mass is 9.47. The van der Waals surface area contributed by atoms with Crippen molar-refractivity contribution in [2.24, 2.45) is 34.5 Å². The number of fused-ring (bicyclic) bond motifs is 5. The molecule has 0 aliphatic heterocycles. The van der Waals surface area contributed by atoms with E-state index in [4.69, 9.17) is 14.2 Å². The molecule has 33 heavy (non-hydrogen) atoms. The van der Waals surface area contributed by atoms with E-state index in [0.717, 1.165) is 44.9 Å². The molecule has 0 heterocycles. The zero-order valence-electron chi connectivity index (χ0n) is 20.9. The van der Waals surface area contributed by atoms with Gasteiger partial charge in [0.25, 0.3) is 0 Å². The number of allylic oxidation sites excluding steroid dienone is 1. The van der Waals surface area contributed by atoms with E-state index >= 15 is 0 Å². The van der Waals surface area contributed by atoms with Crippen molar-refractivity contribution in [1.82, 2.24) is 0 Å². The second-order valence-electron chi connectivity index (χ2n) is 11.4.